The Labute approximate surface area is 103 Å². The van der Waals surface area contributed by atoms with Crippen LogP contribution in [0.2, 0.25) is 0 Å². The number of carbonyl (C=O) groups is 1. The number of hydrogen-bond donors (Lipinski definition) is 2. The fourth-order valence-electron chi connectivity index (χ4n) is 1.98. The summed E-state index contributed by atoms with van der Waals surface area (Å²) in [6.45, 7) is 5.92. The van der Waals surface area contributed by atoms with Gasteiger partial charge in [-0.15, -0.1) is 0 Å². The molecule has 0 radical (unpaired) electrons. The molecular weight excluding hydrogens is 218 g/mol. The van der Waals surface area contributed by atoms with Crippen LogP contribution in [-0.4, -0.2) is 49.2 Å². The molecule has 5 heteroatoms. The molecule has 1 atom stereocenters. The van der Waals surface area contributed by atoms with Crippen molar-refractivity contribution in [2.45, 2.75) is 38.3 Å². The van der Waals surface area contributed by atoms with Crippen LogP contribution >= 0.6 is 0 Å². The minimum Gasteiger partial charge on any atom is -0.377 e. The summed E-state index contributed by atoms with van der Waals surface area (Å²) < 4.78 is 5.46. The molecule has 100 valence electrons. The lowest BCUT2D eigenvalue weighted by Crippen LogP contribution is -2.60. The van der Waals surface area contributed by atoms with E-state index >= 15 is 0 Å². The summed E-state index contributed by atoms with van der Waals surface area (Å²) in [4.78, 5) is 13.5. The maximum atomic E-state index is 11.5. The molecule has 0 heterocycles. The molecule has 1 aliphatic rings. The highest BCUT2D eigenvalue weighted by Crippen LogP contribution is 2.38. The molecule has 0 saturated heterocycles. The van der Waals surface area contributed by atoms with Crippen molar-refractivity contribution in [1.29, 1.82) is 0 Å². The van der Waals surface area contributed by atoms with Gasteiger partial charge in [0.25, 0.3) is 0 Å². The third-order valence-electron chi connectivity index (χ3n) is 3.22. The van der Waals surface area contributed by atoms with Crippen molar-refractivity contribution in [1.82, 2.24) is 4.90 Å². The lowest BCUT2D eigenvalue weighted by Gasteiger charge is -2.31. The van der Waals surface area contributed by atoms with E-state index in [0.717, 1.165) is 19.4 Å². The number of hydrogen-bond acceptors (Lipinski definition) is 4. The Balaban J connectivity index is 2.37. The fourth-order valence-corrected chi connectivity index (χ4v) is 1.98. The molecule has 17 heavy (non-hydrogen) atoms. The molecule has 0 bridgehead atoms. The van der Waals surface area contributed by atoms with E-state index in [-0.39, 0.29) is 12.0 Å². The van der Waals surface area contributed by atoms with Crippen molar-refractivity contribution in [3.05, 3.63) is 0 Å². The molecule has 4 N–H and O–H groups in total. The highest BCUT2D eigenvalue weighted by molar-refractivity contribution is 5.85. The second kappa shape index (κ2) is 5.80. The third kappa shape index (κ3) is 4.26. The quantitative estimate of drug-likeness (QED) is 0.625. The Morgan fingerprint density at radius 2 is 2.12 bits per heavy atom. The van der Waals surface area contributed by atoms with Crippen LogP contribution in [0.3, 0.4) is 0 Å². The van der Waals surface area contributed by atoms with Gasteiger partial charge in [0.15, 0.2) is 0 Å². The zero-order valence-corrected chi connectivity index (χ0v) is 11.1. The summed E-state index contributed by atoms with van der Waals surface area (Å²) in [7, 11) is 1.94. The normalized spacial score (nSPS) is 19.6. The van der Waals surface area contributed by atoms with Crippen molar-refractivity contribution in [3.8, 4) is 0 Å². The highest BCUT2D eigenvalue weighted by Gasteiger charge is 2.47. The van der Waals surface area contributed by atoms with Gasteiger partial charge in [-0.2, -0.15) is 0 Å². The number of nitrogens with zero attached hydrogens (tertiary/aromatic N) is 1. The summed E-state index contributed by atoms with van der Waals surface area (Å²) in [5, 5.41) is 0. The molecule has 0 aromatic carbocycles. The standard InChI is InChI=1S/C12H25N3O2/c1-9(2)17-7-6-15(3)8-12(14,11(13)16)10-4-5-10/h9-10H,4-8,14H2,1-3H3,(H2,13,16). The van der Waals surface area contributed by atoms with Crippen molar-refractivity contribution in [2.24, 2.45) is 17.4 Å². The maximum absolute atomic E-state index is 11.5. The van der Waals surface area contributed by atoms with Crippen LogP contribution in [0.4, 0.5) is 0 Å². The van der Waals surface area contributed by atoms with Crippen molar-refractivity contribution in [2.75, 3.05) is 26.7 Å². The predicted molar refractivity (Wildman–Crippen MR) is 67.4 cm³/mol. The van der Waals surface area contributed by atoms with Crippen LogP contribution in [0, 0.1) is 5.92 Å². The molecule has 0 aliphatic heterocycles. The smallest absolute Gasteiger partial charge is 0.239 e. The molecular formula is C12H25N3O2. The minimum atomic E-state index is -0.868. The Bertz CT molecular complexity index is 266. The fraction of sp³-hybridized carbons (Fsp3) is 0.917. The number of carbonyl (C=O) groups excluding carboxylic acids is 1. The monoisotopic (exact) mass is 243 g/mol. The molecule has 0 spiro atoms. The second-order valence-electron chi connectivity index (χ2n) is 5.34. The zero-order chi connectivity index (χ0) is 13.1. The highest BCUT2D eigenvalue weighted by atomic mass is 16.5. The summed E-state index contributed by atoms with van der Waals surface area (Å²) in [5.74, 6) is -0.134. The topological polar surface area (TPSA) is 81.6 Å². The molecule has 1 unspecified atom stereocenters. The van der Waals surface area contributed by atoms with E-state index in [9.17, 15) is 4.79 Å². The van der Waals surface area contributed by atoms with E-state index in [1.807, 2.05) is 25.8 Å². The average Bonchev–Trinajstić information content (AvgIpc) is 2.99. The molecule has 5 nitrogen and oxygen atoms in total. The van der Waals surface area contributed by atoms with Gasteiger partial charge in [-0.1, -0.05) is 0 Å². The van der Waals surface area contributed by atoms with E-state index in [0.29, 0.717) is 13.2 Å². The Hall–Kier alpha value is -0.650. The van der Waals surface area contributed by atoms with Gasteiger partial charge in [0, 0.05) is 13.1 Å². The Kier molecular flexibility index (Phi) is 4.91. The zero-order valence-electron chi connectivity index (χ0n) is 11.1. The molecule has 1 amide bonds. The lowest BCUT2D eigenvalue weighted by atomic mass is 9.93. The van der Waals surface area contributed by atoms with Gasteiger partial charge in [-0.25, -0.2) is 0 Å². The van der Waals surface area contributed by atoms with Gasteiger partial charge in [0.2, 0.25) is 5.91 Å². The number of ether oxygens (including phenoxy) is 1. The number of nitrogens with two attached hydrogens (primary N) is 2. The summed E-state index contributed by atoms with van der Waals surface area (Å²) in [5.41, 5.74) is 10.7. The van der Waals surface area contributed by atoms with Crippen LogP contribution in [0.5, 0.6) is 0 Å². The number of rotatable bonds is 8. The molecule has 0 aromatic rings. The summed E-state index contributed by atoms with van der Waals surface area (Å²) in [6, 6.07) is 0. The molecule has 1 fully saturated rings. The van der Waals surface area contributed by atoms with E-state index < -0.39 is 11.4 Å². The van der Waals surface area contributed by atoms with Gasteiger partial charge in [-0.3, -0.25) is 4.79 Å². The molecule has 1 aliphatic carbocycles. The van der Waals surface area contributed by atoms with E-state index in [2.05, 4.69) is 0 Å². The SMILES string of the molecule is CC(C)OCCN(C)CC(N)(C(N)=O)C1CC1. The van der Waals surface area contributed by atoms with Crippen molar-refractivity contribution < 1.29 is 9.53 Å². The van der Waals surface area contributed by atoms with E-state index in [1.54, 1.807) is 0 Å². The number of primary amides is 1. The van der Waals surface area contributed by atoms with Gasteiger partial charge >= 0.3 is 0 Å². The Morgan fingerprint density at radius 1 is 1.53 bits per heavy atom. The van der Waals surface area contributed by atoms with Crippen LogP contribution in [-0.2, 0) is 9.53 Å². The summed E-state index contributed by atoms with van der Waals surface area (Å²) >= 11 is 0. The molecule has 1 saturated carbocycles. The van der Waals surface area contributed by atoms with E-state index in [4.69, 9.17) is 16.2 Å². The van der Waals surface area contributed by atoms with Gasteiger partial charge < -0.3 is 21.1 Å². The summed E-state index contributed by atoms with van der Waals surface area (Å²) in [6.07, 6.45) is 2.25. The average molecular weight is 243 g/mol. The predicted octanol–water partition coefficient (Wildman–Crippen LogP) is -0.0640. The van der Waals surface area contributed by atoms with Gasteiger partial charge in [0.1, 0.15) is 5.54 Å². The van der Waals surface area contributed by atoms with Gasteiger partial charge in [-0.05, 0) is 39.7 Å². The van der Waals surface area contributed by atoms with Crippen LogP contribution < -0.4 is 11.5 Å². The van der Waals surface area contributed by atoms with Crippen LogP contribution in [0.15, 0.2) is 0 Å². The van der Waals surface area contributed by atoms with E-state index in [1.165, 1.54) is 0 Å². The largest absolute Gasteiger partial charge is 0.377 e. The maximum Gasteiger partial charge on any atom is 0.239 e. The Morgan fingerprint density at radius 3 is 2.53 bits per heavy atom. The third-order valence-corrected chi connectivity index (χ3v) is 3.22. The first-order chi connectivity index (χ1) is 7.86. The van der Waals surface area contributed by atoms with Crippen molar-refractivity contribution in [3.63, 3.8) is 0 Å². The lowest BCUT2D eigenvalue weighted by molar-refractivity contribution is -0.124. The van der Waals surface area contributed by atoms with Gasteiger partial charge in [0.05, 0.1) is 12.7 Å². The molecule has 0 aromatic heterocycles. The minimum absolute atomic E-state index is 0.227. The first-order valence-corrected chi connectivity index (χ1v) is 6.25. The van der Waals surface area contributed by atoms with Crippen molar-refractivity contribution >= 4 is 5.91 Å². The number of likely N-dealkylation sites (N-methyl/N-ethyl adjacent to an activating group) is 1. The number of amides is 1. The van der Waals surface area contributed by atoms with Crippen LogP contribution in [0.1, 0.15) is 26.7 Å². The first kappa shape index (κ1) is 14.4. The second-order valence-corrected chi connectivity index (χ2v) is 5.34. The first-order valence-electron chi connectivity index (χ1n) is 6.25. The van der Waals surface area contributed by atoms with Crippen LogP contribution in [0.25, 0.3) is 0 Å². The molecule has 1 rings (SSSR count).